The zero-order valence-corrected chi connectivity index (χ0v) is 7.75. The highest BCUT2D eigenvalue weighted by Gasteiger charge is 2.32. The number of hydrogen-bond acceptors (Lipinski definition) is 2. The van der Waals surface area contributed by atoms with E-state index >= 15 is 0 Å². The summed E-state index contributed by atoms with van der Waals surface area (Å²) in [5.74, 6) is -0.791. The van der Waals surface area contributed by atoms with Gasteiger partial charge in [-0.3, -0.25) is 4.79 Å². The molecule has 1 fully saturated rings. The van der Waals surface area contributed by atoms with Crippen molar-refractivity contribution >= 4 is 5.97 Å². The summed E-state index contributed by atoms with van der Waals surface area (Å²) in [7, 11) is 0. The first-order valence-corrected chi connectivity index (χ1v) is 4.82. The molecule has 0 amide bonds. The minimum atomic E-state index is -0.791. The molecule has 0 spiro atoms. The largest absolute Gasteiger partial charge is 0.481 e. The van der Waals surface area contributed by atoms with Crippen LogP contribution in [0.4, 0.5) is 0 Å². The Balaban J connectivity index is 2.49. The molecule has 0 bridgehead atoms. The number of nitriles is 1. The van der Waals surface area contributed by atoms with Gasteiger partial charge in [-0.05, 0) is 19.3 Å². The lowest BCUT2D eigenvalue weighted by Crippen LogP contribution is -2.23. The Kier molecular flexibility index (Phi) is 3.30. The molecule has 0 aromatic rings. The monoisotopic (exact) mass is 181 g/mol. The Morgan fingerprint density at radius 1 is 1.38 bits per heavy atom. The zero-order chi connectivity index (χ0) is 9.73. The number of aliphatic carboxylic acids is 1. The molecular formula is C10H15NO2. The summed E-state index contributed by atoms with van der Waals surface area (Å²) in [6, 6.07) is 2.31. The van der Waals surface area contributed by atoms with Crippen LogP contribution < -0.4 is 0 Å². The van der Waals surface area contributed by atoms with Crippen LogP contribution in [-0.4, -0.2) is 11.1 Å². The smallest absolute Gasteiger partial charge is 0.303 e. The Hall–Kier alpha value is -1.04. The van der Waals surface area contributed by atoms with Gasteiger partial charge in [0, 0.05) is 6.42 Å². The van der Waals surface area contributed by atoms with Crippen LogP contribution in [0.3, 0.4) is 0 Å². The molecule has 0 aliphatic heterocycles. The van der Waals surface area contributed by atoms with E-state index in [9.17, 15) is 4.79 Å². The second-order valence-electron chi connectivity index (χ2n) is 3.85. The van der Waals surface area contributed by atoms with Crippen molar-refractivity contribution in [2.24, 2.45) is 5.41 Å². The summed E-state index contributed by atoms with van der Waals surface area (Å²) >= 11 is 0. The maximum absolute atomic E-state index is 10.4. The molecule has 0 heterocycles. The van der Waals surface area contributed by atoms with Gasteiger partial charge in [-0.15, -0.1) is 0 Å². The Morgan fingerprint density at radius 3 is 2.46 bits per heavy atom. The quantitative estimate of drug-likeness (QED) is 0.726. The summed E-state index contributed by atoms with van der Waals surface area (Å²) in [6.07, 6.45) is 5.77. The summed E-state index contributed by atoms with van der Waals surface area (Å²) in [6.45, 7) is 0. The molecule has 0 atom stereocenters. The Labute approximate surface area is 78.4 Å². The van der Waals surface area contributed by atoms with Gasteiger partial charge < -0.3 is 5.11 Å². The van der Waals surface area contributed by atoms with Gasteiger partial charge in [0.25, 0.3) is 0 Å². The van der Waals surface area contributed by atoms with Gasteiger partial charge in [-0.25, -0.2) is 0 Å². The lowest BCUT2D eigenvalue weighted by molar-refractivity contribution is -0.137. The van der Waals surface area contributed by atoms with Gasteiger partial charge in [0.2, 0.25) is 0 Å². The van der Waals surface area contributed by atoms with Crippen LogP contribution in [0.2, 0.25) is 0 Å². The predicted molar refractivity (Wildman–Crippen MR) is 48.0 cm³/mol. The van der Waals surface area contributed by atoms with E-state index in [4.69, 9.17) is 10.4 Å². The van der Waals surface area contributed by atoms with Gasteiger partial charge in [0.05, 0.1) is 11.5 Å². The van der Waals surface area contributed by atoms with Crippen molar-refractivity contribution in [1.29, 1.82) is 5.26 Å². The molecule has 0 aromatic carbocycles. The van der Waals surface area contributed by atoms with Crippen LogP contribution in [0, 0.1) is 16.7 Å². The summed E-state index contributed by atoms with van der Waals surface area (Å²) in [4.78, 5) is 10.4. The average molecular weight is 181 g/mol. The van der Waals surface area contributed by atoms with Gasteiger partial charge in [-0.2, -0.15) is 5.26 Å². The Morgan fingerprint density at radius 2 is 2.00 bits per heavy atom. The fourth-order valence-electron chi connectivity index (χ4n) is 1.99. The van der Waals surface area contributed by atoms with E-state index in [-0.39, 0.29) is 11.8 Å². The topological polar surface area (TPSA) is 61.1 Å². The molecule has 1 aliphatic carbocycles. The summed E-state index contributed by atoms with van der Waals surface area (Å²) in [5.41, 5.74) is -0.323. The third-order valence-corrected chi connectivity index (χ3v) is 2.87. The van der Waals surface area contributed by atoms with Gasteiger partial charge in [0.15, 0.2) is 0 Å². The average Bonchev–Trinajstić information content (AvgIpc) is 2.16. The molecule has 1 saturated carbocycles. The van der Waals surface area contributed by atoms with Crippen molar-refractivity contribution in [3.63, 3.8) is 0 Å². The molecule has 0 radical (unpaired) electrons. The normalized spacial score (nSPS) is 20.5. The van der Waals surface area contributed by atoms with Crippen LogP contribution in [0.1, 0.15) is 44.9 Å². The second-order valence-corrected chi connectivity index (χ2v) is 3.85. The van der Waals surface area contributed by atoms with Crippen molar-refractivity contribution < 1.29 is 9.90 Å². The lowest BCUT2D eigenvalue weighted by atomic mass is 9.72. The van der Waals surface area contributed by atoms with E-state index in [0.717, 1.165) is 25.7 Å². The molecule has 0 aromatic heterocycles. The maximum Gasteiger partial charge on any atom is 0.303 e. The van der Waals surface area contributed by atoms with Crippen molar-refractivity contribution in [2.75, 3.05) is 0 Å². The highest BCUT2D eigenvalue weighted by atomic mass is 16.4. The molecule has 1 aliphatic rings. The molecule has 3 heteroatoms. The summed E-state index contributed by atoms with van der Waals surface area (Å²) < 4.78 is 0. The summed E-state index contributed by atoms with van der Waals surface area (Å²) in [5, 5.41) is 17.6. The van der Waals surface area contributed by atoms with Crippen LogP contribution in [0.5, 0.6) is 0 Å². The van der Waals surface area contributed by atoms with E-state index in [1.165, 1.54) is 6.42 Å². The van der Waals surface area contributed by atoms with Crippen LogP contribution in [-0.2, 0) is 4.79 Å². The zero-order valence-electron chi connectivity index (χ0n) is 7.75. The minimum absolute atomic E-state index is 0.132. The van der Waals surface area contributed by atoms with E-state index in [1.54, 1.807) is 0 Å². The van der Waals surface area contributed by atoms with Crippen molar-refractivity contribution in [3.8, 4) is 6.07 Å². The first-order chi connectivity index (χ1) is 6.18. The van der Waals surface area contributed by atoms with Crippen LogP contribution in [0.25, 0.3) is 0 Å². The fourth-order valence-corrected chi connectivity index (χ4v) is 1.99. The van der Waals surface area contributed by atoms with Gasteiger partial charge in [-0.1, -0.05) is 19.3 Å². The molecule has 3 nitrogen and oxygen atoms in total. The van der Waals surface area contributed by atoms with Crippen molar-refractivity contribution in [2.45, 2.75) is 44.9 Å². The predicted octanol–water partition coefficient (Wildman–Crippen LogP) is 2.33. The highest BCUT2D eigenvalue weighted by Crippen LogP contribution is 2.39. The SMILES string of the molecule is N#CC1(CCC(=O)O)CCCCC1. The maximum atomic E-state index is 10.4. The van der Waals surface area contributed by atoms with E-state index in [1.807, 2.05) is 0 Å². The third-order valence-electron chi connectivity index (χ3n) is 2.87. The molecule has 13 heavy (non-hydrogen) atoms. The lowest BCUT2D eigenvalue weighted by Gasteiger charge is -2.29. The molecule has 0 saturated heterocycles. The number of nitrogens with zero attached hydrogens (tertiary/aromatic N) is 1. The minimum Gasteiger partial charge on any atom is -0.481 e. The molecular weight excluding hydrogens is 166 g/mol. The first kappa shape index (κ1) is 10.0. The molecule has 0 unspecified atom stereocenters. The fraction of sp³-hybridized carbons (Fsp3) is 0.800. The molecule has 72 valence electrons. The number of carboxylic acid groups (broad SMARTS) is 1. The van der Waals surface area contributed by atoms with E-state index < -0.39 is 5.97 Å². The number of rotatable bonds is 3. The number of carbonyl (C=O) groups is 1. The molecule has 1 N–H and O–H groups in total. The van der Waals surface area contributed by atoms with E-state index in [2.05, 4.69) is 6.07 Å². The van der Waals surface area contributed by atoms with Crippen LogP contribution in [0.15, 0.2) is 0 Å². The number of hydrogen-bond donors (Lipinski definition) is 1. The third kappa shape index (κ3) is 2.73. The van der Waals surface area contributed by atoms with Crippen LogP contribution >= 0.6 is 0 Å². The first-order valence-electron chi connectivity index (χ1n) is 4.82. The number of carboxylic acids is 1. The van der Waals surface area contributed by atoms with Crippen molar-refractivity contribution in [3.05, 3.63) is 0 Å². The van der Waals surface area contributed by atoms with E-state index in [0.29, 0.717) is 6.42 Å². The van der Waals surface area contributed by atoms with Gasteiger partial charge >= 0.3 is 5.97 Å². The second kappa shape index (κ2) is 4.27. The van der Waals surface area contributed by atoms with Crippen molar-refractivity contribution in [1.82, 2.24) is 0 Å². The molecule has 1 rings (SSSR count). The Bertz CT molecular complexity index is 224. The highest BCUT2D eigenvalue weighted by molar-refractivity contribution is 5.66. The standard InChI is InChI=1S/C10H15NO2/c11-8-10(7-4-9(12)13)5-2-1-3-6-10/h1-7H2,(H,12,13). The van der Waals surface area contributed by atoms with Gasteiger partial charge in [0.1, 0.15) is 0 Å².